The third-order valence-electron chi connectivity index (χ3n) is 3.69. The minimum absolute atomic E-state index is 0.367. The molecule has 0 unspecified atom stereocenters. The van der Waals surface area contributed by atoms with Gasteiger partial charge in [0.1, 0.15) is 0 Å². The van der Waals surface area contributed by atoms with Crippen molar-refractivity contribution in [3.8, 4) is 0 Å². The van der Waals surface area contributed by atoms with E-state index < -0.39 is 0 Å². The lowest BCUT2D eigenvalue weighted by atomic mass is 9.92. The third-order valence-corrected chi connectivity index (χ3v) is 3.69. The molecule has 0 bridgehead atoms. The first-order chi connectivity index (χ1) is 8.31. The van der Waals surface area contributed by atoms with Gasteiger partial charge in [-0.15, -0.1) is 0 Å². The van der Waals surface area contributed by atoms with Crippen LogP contribution >= 0.6 is 0 Å². The van der Waals surface area contributed by atoms with Crippen molar-refractivity contribution in [1.29, 1.82) is 0 Å². The molecule has 1 aromatic rings. The van der Waals surface area contributed by atoms with Crippen molar-refractivity contribution in [2.24, 2.45) is 5.41 Å². The lowest BCUT2D eigenvalue weighted by Crippen LogP contribution is -2.35. The number of hydrogen-bond donors (Lipinski definition) is 1. The van der Waals surface area contributed by atoms with E-state index in [9.17, 15) is 0 Å². The standard InChI is InChI=1S/C16H26N2/c1-15(2,3)11-18(4)12-16(9-10-16)13-5-7-14(17)8-6-13/h5-8H,9-12,17H2,1-4H3. The number of nitrogen functional groups attached to an aromatic ring is 1. The van der Waals surface area contributed by atoms with E-state index in [0.29, 0.717) is 10.8 Å². The Morgan fingerprint density at radius 3 is 2.17 bits per heavy atom. The number of hydrogen-bond acceptors (Lipinski definition) is 2. The van der Waals surface area contributed by atoms with Gasteiger partial charge in [-0.2, -0.15) is 0 Å². The Morgan fingerprint density at radius 1 is 1.17 bits per heavy atom. The van der Waals surface area contributed by atoms with Crippen molar-refractivity contribution in [2.75, 3.05) is 25.9 Å². The largest absolute Gasteiger partial charge is 0.399 e. The average molecular weight is 246 g/mol. The summed E-state index contributed by atoms with van der Waals surface area (Å²) in [6.45, 7) is 9.20. The minimum atomic E-state index is 0.367. The second-order valence-corrected chi connectivity index (χ2v) is 7.14. The zero-order valence-corrected chi connectivity index (χ0v) is 12.2. The van der Waals surface area contributed by atoms with Gasteiger partial charge in [-0.05, 0) is 43.0 Å². The first kappa shape index (κ1) is 13.4. The Bertz CT molecular complexity index is 396. The first-order valence-electron chi connectivity index (χ1n) is 6.85. The molecule has 18 heavy (non-hydrogen) atoms. The zero-order chi connectivity index (χ0) is 13.4. The fourth-order valence-corrected chi connectivity index (χ4v) is 2.91. The molecule has 1 aliphatic carbocycles. The normalized spacial score (nSPS) is 18.1. The molecule has 0 aromatic heterocycles. The maximum Gasteiger partial charge on any atom is 0.0314 e. The lowest BCUT2D eigenvalue weighted by molar-refractivity contribution is 0.211. The number of anilines is 1. The van der Waals surface area contributed by atoms with Crippen molar-refractivity contribution in [1.82, 2.24) is 4.90 Å². The summed E-state index contributed by atoms with van der Waals surface area (Å²) >= 11 is 0. The molecule has 0 atom stereocenters. The van der Waals surface area contributed by atoms with E-state index in [-0.39, 0.29) is 0 Å². The predicted octanol–water partition coefficient (Wildman–Crippen LogP) is 3.28. The summed E-state index contributed by atoms with van der Waals surface area (Å²) in [5.41, 5.74) is 8.84. The van der Waals surface area contributed by atoms with Crippen LogP contribution in [0.3, 0.4) is 0 Å². The van der Waals surface area contributed by atoms with E-state index in [1.807, 2.05) is 12.1 Å². The monoisotopic (exact) mass is 246 g/mol. The SMILES string of the molecule is CN(CC(C)(C)C)CC1(c2ccc(N)cc2)CC1. The molecule has 1 saturated carbocycles. The first-order valence-corrected chi connectivity index (χ1v) is 6.85. The van der Waals surface area contributed by atoms with Gasteiger partial charge in [0.05, 0.1) is 0 Å². The van der Waals surface area contributed by atoms with Crippen LogP contribution in [0, 0.1) is 5.41 Å². The fourth-order valence-electron chi connectivity index (χ4n) is 2.91. The molecule has 0 amide bonds. The highest BCUT2D eigenvalue weighted by Crippen LogP contribution is 2.48. The molecule has 2 nitrogen and oxygen atoms in total. The quantitative estimate of drug-likeness (QED) is 0.826. The van der Waals surface area contributed by atoms with Gasteiger partial charge in [0.25, 0.3) is 0 Å². The van der Waals surface area contributed by atoms with Crippen LogP contribution in [0.2, 0.25) is 0 Å². The van der Waals surface area contributed by atoms with E-state index in [4.69, 9.17) is 5.73 Å². The number of nitrogens with two attached hydrogens (primary N) is 1. The third kappa shape index (κ3) is 3.26. The molecule has 1 fully saturated rings. The smallest absolute Gasteiger partial charge is 0.0314 e. The van der Waals surface area contributed by atoms with E-state index >= 15 is 0 Å². The van der Waals surface area contributed by atoms with Crippen molar-refractivity contribution in [2.45, 2.75) is 39.0 Å². The Kier molecular flexibility index (Phi) is 3.41. The summed E-state index contributed by atoms with van der Waals surface area (Å²) in [6, 6.07) is 8.46. The Balaban J connectivity index is 2.02. The fraction of sp³-hybridized carbons (Fsp3) is 0.625. The molecule has 0 spiro atoms. The van der Waals surface area contributed by atoms with Crippen LogP contribution in [-0.4, -0.2) is 25.0 Å². The maximum absolute atomic E-state index is 5.76. The molecule has 0 aliphatic heterocycles. The van der Waals surface area contributed by atoms with Crippen LogP contribution < -0.4 is 5.73 Å². The van der Waals surface area contributed by atoms with Crippen molar-refractivity contribution >= 4 is 5.69 Å². The van der Waals surface area contributed by atoms with Gasteiger partial charge in [-0.1, -0.05) is 32.9 Å². The zero-order valence-electron chi connectivity index (χ0n) is 12.2. The van der Waals surface area contributed by atoms with E-state index in [1.165, 1.54) is 18.4 Å². The van der Waals surface area contributed by atoms with Crippen LogP contribution in [-0.2, 0) is 5.41 Å². The van der Waals surface area contributed by atoms with Gasteiger partial charge in [0.15, 0.2) is 0 Å². The molecular weight excluding hydrogens is 220 g/mol. The molecule has 0 radical (unpaired) electrons. The van der Waals surface area contributed by atoms with Gasteiger partial charge in [-0.3, -0.25) is 0 Å². The highest BCUT2D eigenvalue weighted by Gasteiger charge is 2.44. The summed E-state index contributed by atoms with van der Waals surface area (Å²) in [5.74, 6) is 0. The molecule has 2 heteroatoms. The molecule has 100 valence electrons. The Morgan fingerprint density at radius 2 is 1.72 bits per heavy atom. The van der Waals surface area contributed by atoms with Crippen LogP contribution in [0.4, 0.5) is 5.69 Å². The van der Waals surface area contributed by atoms with Gasteiger partial charge in [0, 0.05) is 24.2 Å². The van der Waals surface area contributed by atoms with Crippen LogP contribution in [0.1, 0.15) is 39.2 Å². The van der Waals surface area contributed by atoms with E-state index in [1.54, 1.807) is 0 Å². The molecule has 0 heterocycles. The predicted molar refractivity (Wildman–Crippen MR) is 78.7 cm³/mol. The average Bonchev–Trinajstić information content (AvgIpc) is 2.96. The van der Waals surface area contributed by atoms with Gasteiger partial charge in [0.2, 0.25) is 0 Å². The van der Waals surface area contributed by atoms with Crippen LogP contribution in [0.15, 0.2) is 24.3 Å². The van der Waals surface area contributed by atoms with E-state index in [2.05, 4.69) is 44.9 Å². The highest BCUT2D eigenvalue weighted by atomic mass is 15.1. The summed E-state index contributed by atoms with van der Waals surface area (Å²) in [7, 11) is 2.24. The molecule has 0 saturated heterocycles. The molecule has 1 aromatic carbocycles. The summed E-state index contributed by atoms with van der Waals surface area (Å²) in [6.07, 6.45) is 2.62. The maximum atomic E-state index is 5.76. The van der Waals surface area contributed by atoms with Crippen LogP contribution in [0.5, 0.6) is 0 Å². The van der Waals surface area contributed by atoms with Crippen LogP contribution in [0.25, 0.3) is 0 Å². The second kappa shape index (κ2) is 4.58. The molecule has 1 aliphatic rings. The Hall–Kier alpha value is -1.02. The summed E-state index contributed by atoms with van der Waals surface area (Å²) in [4.78, 5) is 2.48. The van der Waals surface area contributed by atoms with Gasteiger partial charge in [-0.25, -0.2) is 0 Å². The van der Waals surface area contributed by atoms with E-state index in [0.717, 1.165) is 18.8 Å². The van der Waals surface area contributed by atoms with Crippen molar-refractivity contribution < 1.29 is 0 Å². The van der Waals surface area contributed by atoms with Gasteiger partial charge < -0.3 is 10.6 Å². The number of benzene rings is 1. The molecule has 2 N–H and O–H groups in total. The second-order valence-electron chi connectivity index (χ2n) is 7.14. The summed E-state index contributed by atoms with van der Waals surface area (Å²) < 4.78 is 0. The van der Waals surface area contributed by atoms with Crippen molar-refractivity contribution in [3.05, 3.63) is 29.8 Å². The Labute approximate surface area is 111 Å². The number of rotatable bonds is 4. The molecule has 2 rings (SSSR count). The highest BCUT2D eigenvalue weighted by molar-refractivity contribution is 5.43. The van der Waals surface area contributed by atoms with Gasteiger partial charge >= 0.3 is 0 Å². The van der Waals surface area contributed by atoms with Crippen molar-refractivity contribution in [3.63, 3.8) is 0 Å². The summed E-state index contributed by atoms with van der Waals surface area (Å²) in [5, 5.41) is 0. The molecular formula is C16H26N2. The minimum Gasteiger partial charge on any atom is -0.399 e. The number of nitrogens with zero attached hydrogens (tertiary/aromatic N) is 1. The lowest BCUT2D eigenvalue weighted by Gasteiger charge is -2.30. The number of likely N-dealkylation sites (N-methyl/N-ethyl adjacent to an activating group) is 1. The topological polar surface area (TPSA) is 29.3 Å².